The number of anilines is 1. The first-order valence-corrected chi connectivity index (χ1v) is 16.7. The van der Waals surface area contributed by atoms with Crippen LogP contribution in [0.15, 0.2) is 42.5 Å². The summed E-state index contributed by atoms with van der Waals surface area (Å²) in [7, 11) is 0. The van der Waals surface area contributed by atoms with Gasteiger partial charge in [-0.2, -0.15) is 5.10 Å². The summed E-state index contributed by atoms with van der Waals surface area (Å²) in [5.41, 5.74) is 5.39. The molecule has 0 saturated carbocycles. The van der Waals surface area contributed by atoms with Crippen molar-refractivity contribution in [3.63, 3.8) is 0 Å². The normalized spacial score (nSPS) is 14.7. The molecule has 0 fully saturated rings. The number of carbonyl (C=O) groups is 2. The maximum Gasteiger partial charge on any atom is 0.307 e. The molecule has 10 nitrogen and oxygen atoms in total. The molecule has 2 aromatic heterocycles. The van der Waals surface area contributed by atoms with Gasteiger partial charge in [0.05, 0.1) is 35.0 Å². The molecule has 4 heterocycles. The quantitative estimate of drug-likeness (QED) is 0.218. The number of fused-ring (bicyclic) bond motifs is 4. The summed E-state index contributed by atoms with van der Waals surface area (Å²) in [6, 6.07) is 13.5. The fourth-order valence-electron chi connectivity index (χ4n) is 5.68. The fraction of sp³-hybridized carbons (Fsp3) is 0.444. The predicted octanol–water partition coefficient (Wildman–Crippen LogP) is 6.64. The van der Waals surface area contributed by atoms with Crippen LogP contribution >= 0.6 is 11.6 Å². The van der Waals surface area contributed by atoms with Gasteiger partial charge < -0.3 is 25.2 Å². The number of carbonyl (C=O) groups excluding carboxylic acids is 1. The van der Waals surface area contributed by atoms with Crippen LogP contribution in [0.25, 0.3) is 16.9 Å². The molecule has 1 amide bonds. The summed E-state index contributed by atoms with van der Waals surface area (Å²) in [4.78, 5) is 32.0. The zero-order valence-corrected chi connectivity index (χ0v) is 28.9. The molecule has 0 radical (unpaired) electrons. The smallest absolute Gasteiger partial charge is 0.307 e. The van der Waals surface area contributed by atoms with Gasteiger partial charge in [0.1, 0.15) is 12.4 Å². The Hall–Kier alpha value is -4.15. The second-order valence-corrected chi connectivity index (χ2v) is 12.8. The highest BCUT2D eigenvalue weighted by atomic mass is 35.5. The third-order valence-corrected chi connectivity index (χ3v) is 8.05. The molecule has 0 atom stereocenters. The topological polar surface area (TPSA) is 129 Å². The molecule has 0 saturated heterocycles. The van der Waals surface area contributed by atoms with Crippen LogP contribution in [0.4, 0.5) is 5.69 Å². The van der Waals surface area contributed by atoms with Crippen LogP contribution < -0.4 is 15.0 Å². The van der Waals surface area contributed by atoms with Crippen LogP contribution in [0.1, 0.15) is 86.8 Å². The van der Waals surface area contributed by atoms with Crippen molar-refractivity contribution in [3.8, 4) is 17.0 Å². The van der Waals surface area contributed by atoms with Gasteiger partial charge in [0.15, 0.2) is 11.3 Å². The summed E-state index contributed by atoms with van der Waals surface area (Å²) in [5, 5.41) is 26.4. The standard InChI is InChI=1S/C30H30ClN5O4.C4H10O.C2H6/c1-18-22(15-26(37)38)28-21-10-11-24-29(27(21)31)35(13-14-40-24)12-6-2-3-7-19-8-4-5-9-20(19)17-32-30(39)23-16-25(33-18)36(28)34-23;1-4(2,3)5;1-2/h4-5,8-11,16H,2-3,6-7,12-15,17H2,1H3,(H,32,39)(H,37,38);5H,1-3H3;1-2H3. The number of hydrogen-bond donors (Lipinski definition) is 3. The van der Waals surface area contributed by atoms with Gasteiger partial charge >= 0.3 is 5.97 Å². The molecule has 4 bridgehead atoms. The first kappa shape index (κ1) is 35.7. The lowest BCUT2D eigenvalue weighted by Gasteiger charge is -2.33. The number of aliphatic carboxylic acids is 1. The first-order chi connectivity index (χ1) is 22.4. The summed E-state index contributed by atoms with van der Waals surface area (Å²) >= 11 is 7.13. The summed E-state index contributed by atoms with van der Waals surface area (Å²) in [5.74, 6) is -0.630. The summed E-state index contributed by atoms with van der Waals surface area (Å²) in [6.07, 6.45) is 3.74. The highest BCUT2D eigenvalue weighted by Gasteiger charge is 2.28. The average Bonchev–Trinajstić information content (AvgIpc) is 3.44. The van der Waals surface area contributed by atoms with Crippen LogP contribution in [0, 0.1) is 6.92 Å². The Morgan fingerprint density at radius 3 is 2.47 bits per heavy atom. The zero-order valence-electron chi connectivity index (χ0n) is 28.2. The lowest BCUT2D eigenvalue weighted by Crippen LogP contribution is -2.34. The molecule has 2 aliphatic heterocycles. The van der Waals surface area contributed by atoms with Crippen LogP contribution in [0.2, 0.25) is 5.02 Å². The Labute approximate surface area is 281 Å². The van der Waals surface area contributed by atoms with E-state index in [0.29, 0.717) is 58.6 Å². The van der Waals surface area contributed by atoms with Gasteiger partial charge in [-0.05, 0) is 70.2 Å². The van der Waals surface area contributed by atoms with Gasteiger partial charge in [-0.3, -0.25) is 9.59 Å². The van der Waals surface area contributed by atoms with Crippen molar-refractivity contribution in [1.82, 2.24) is 19.9 Å². The van der Waals surface area contributed by atoms with Crippen molar-refractivity contribution in [2.45, 2.75) is 85.8 Å². The second-order valence-electron chi connectivity index (χ2n) is 12.4. The second kappa shape index (κ2) is 15.6. The Bertz CT molecular complexity index is 1720. The minimum atomic E-state index is -0.997. The number of nitrogens with one attached hydrogen (secondary N) is 1. The third-order valence-electron chi connectivity index (χ3n) is 7.67. The third kappa shape index (κ3) is 8.81. The summed E-state index contributed by atoms with van der Waals surface area (Å²) in [6.45, 7) is 13.5. The maximum absolute atomic E-state index is 13.3. The zero-order chi connectivity index (χ0) is 34.3. The van der Waals surface area contributed by atoms with Crippen molar-refractivity contribution in [2.24, 2.45) is 0 Å². The van der Waals surface area contributed by atoms with Crippen molar-refractivity contribution >= 4 is 34.8 Å². The summed E-state index contributed by atoms with van der Waals surface area (Å²) < 4.78 is 7.51. The average molecular weight is 664 g/mol. The Morgan fingerprint density at radius 1 is 1.06 bits per heavy atom. The molecular weight excluding hydrogens is 618 g/mol. The molecule has 6 rings (SSSR count). The molecule has 3 N–H and O–H groups in total. The van der Waals surface area contributed by atoms with Crippen molar-refractivity contribution in [1.29, 1.82) is 0 Å². The Kier molecular flexibility index (Phi) is 11.9. The van der Waals surface area contributed by atoms with E-state index in [0.717, 1.165) is 43.5 Å². The SMILES string of the molecule is CC.CC(C)(C)O.Cc1nc2cc3nn2c(c1CC(=O)O)-c1ccc2c(c1Cl)N(CCCCCc1ccccc1CNC3=O)CCO2. The van der Waals surface area contributed by atoms with Gasteiger partial charge in [-0.1, -0.05) is 56.1 Å². The molecule has 0 aliphatic carbocycles. The number of aromatic nitrogens is 3. The van der Waals surface area contributed by atoms with Gasteiger partial charge in [0, 0.05) is 36.0 Å². The number of aliphatic hydroxyl groups is 1. The number of rotatable bonds is 2. The molecule has 252 valence electrons. The molecule has 0 unspecified atom stereocenters. The first-order valence-electron chi connectivity index (χ1n) is 16.3. The van der Waals surface area contributed by atoms with Crippen LogP contribution in [0.5, 0.6) is 5.75 Å². The number of amides is 1. The molecule has 47 heavy (non-hydrogen) atoms. The van der Waals surface area contributed by atoms with Crippen LogP contribution in [0.3, 0.4) is 0 Å². The number of carboxylic acids is 1. The van der Waals surface area contributed by atoms with E-state index >= 15 is 0 Å². The number of halogens is 1. The minimum Gasteiger partial charge on any atom is -0.490 e. The van der Waals surface area contributed by atoms with Crippen LogP contribution in [-0.2, 0) is 24.2 Å². The van der Waals surface area contributed by atoms with E-state index in [1.165, 1.54) is 5.56 Å². The van der Waals surface area contributed by atoms with Crippen molar-refractivity contribution < 1.29 is 24.5 Å². The van der Waals surface area contributed by atoms with E-state index in [2.05, 4.69) is 26.4 Å². The minimum absolute atomic E-state index is 0.193. The van der Waals surface area contributed by atoms with Crippen molar-refractivity contribution in [2.75, 3.05) is 24.6 Å². The lowest BCUT2D eigenvalue weighted by atomic mass is 10.00. The number of ether oxygens (including phenoxy) is 1. The highest BCUT2D eigenvalue weighted by molar-refractivity contribution is 6.36. The Balaban J connectivity index is 0.000000655. The van der Waals surface area contributed by atoms with E-state index in [9.17, 15) is 14.7 Å². The monoisotopic (exact) mass is 663 g/mol. The van der Waals surface area contributed by atoms with E-state index in [1.54, 1.807) is 38.3 Å². The molecule has 2 aromatic carbocycles. The molecular formula is C36H46ClN5O5. The number of hydrogen-bond acceptors (Lipinski definition) is 7. The van der Waals surface area contributed by atoms with E-state index < -0.39 is 11.6 Å². The number of benzene rings is 2. The van der Waals surface area contributed by atoms with Crippen molar-refractivity contribution in [3.05, 3.63) is 75.6 Å². The number of aryl methyl sites for hydroxylation is 2. The fourth-order valence-corrected chi connectivity index (χ4v) is 6.05. The van der Waals surface area contributed by atoms with Gasteiger partial charge in [-0.15, -0.1) is 0 Å². The molecule has 4 aromatic rings. The molecule has 2 aliphatic rings. The van der Waals surface area contributed by atoms with Gasteiger partial charge in [0.2, 0.25) is 0 Å². The molecule has 11 heteroatoms. The Morgan fingerprint density at radius 2 is 1.77 bits per heavy atom. The molecule has 0 spiro atoms. The number of carboxylic acid groups (broad SMARTS) is 1. The van der Waals surface area contributed by atoms with E-state index in [4.69, 9.17) is 21.4 Å². The predicted molar refractivity (Wildman–Crippen MR) is 186 cm³/mol. The van der Waals surface area contributed by atoms with E-state index in [1.807, 2.05) is 44.2 Å². The van der Waals surface area contributed by atoms with Crippen LogP contribution in [-0.4, -0.2) is 62.0 Å². The largest absolute Gasteiger partial charge is 0.490 e. The van der Waals surface area contributed by atoms with E-state index in [-0.39, 0.29) is 18.0 Å². The van der Waals surface area contributed by atoms with Gasteiger partial charge in [0.25, 0.3) is 5.91 Å². The maximum atomic E-state index is 13.3. The van der Waals surface area contributed by atoms with Gasteiger partial charge in [-0.25, -0.2) is 9.50 Å². The number of nitrogens with zero attached hydrogens (tertiary/aromatic N) is 4. The lowest BCUT2D eigenvalue weighted by molar-refractivity contribution is -0.136. The highest BCUT2D eigenvalue weighted by Crippen LogP contribution is 2.45.